The molecule has 0 aromatic heterocycles. The van der Waals surface area contributed by atoms with Gasteiger partial charge in [0, 0.05) is 16.7 Å². The predicted octanol–water partition coefficient (Wildman–Crippen LogP) is 4.89. The molecule has 0 spiro atoms. The SMILES string of the molecule is C[C@@H](OC(=O)c1ccc(F)cc1Cl)C(=O)c1ccc(NC(=O)C(C)(C)C)cc1. The van der Waals surface area contributed by atoms with Gasteiger partial charge in [-0.1, -0.05) is 32.4 Å². The summed E-state index contributed by atoms with van der Waals surface area (Å²) in [5.41, 5.74) is 0.306. The van der Waals surface area contributed by atoms with E-state index in [-0.39, 0.29) is 16.5 Å². The smallest absolute Gasteiger partial charge is 0.340 e. The van der Waals surface area contributed by atoms with Crippen LogP contribution in [0.15, 0.2) is 42.5 Å². The topological polar surface area (TPSA) is 72.5 Å². The number of amides is 1. The number of carbonyl (C=O) groups is 3. The molecule has 0 saturated carbocycles. The number of hydrogen-bond donors (Lipinski definition) is 1. The van der Waals surface area contributed by atoms with E-state index in [0.29, 0.717) is 11.3 Å². The van der Waals surface area contributed by atoms with Crippen LogP contribution in [0, 0.1) is 11.2 Å². The Morgan fingerprint density at radius 1 is 1.07 bits per heavy atom. The van der Waals surface area contributed by atoms with Crippen LogP contribution in [0.5, 0.6) is 0 Å². The lowest BCUT2D eigenvalue weighted by Gasteiger charge is -2.18. The molecule has 0 bridgehead atoms. The van der Waals surface area contributed by atoms with E-state index < -0.39 is 29.1 Å². The quantitative estimate of drug-likeness (QED) is 0.567. The van der Waals surface area contributed by atoms with E-state index in [9.17, 15) is 18.8 Å². The van der Waals surface area contributed by atoms with Gasteiger partial charge >= 0.3 is 5.97 Å². The molecule has 7 heteroatoms. The van der Waals surface area contributed by atoms with Crippen molar-refractivity contribution in [2.75, 3.05) is 5.32 Å². The van der Waals surface area contributed by atoms with E-state index in [1.54, 1.807) is 32.9 Å². The molecule has 2 aromatic rings. The number of ether oxygens (including phenoxy) is 1. The molecule has 0 fully saturated rings. The summed E-state index contributed by atoms with van der Waals surface area (Å²) in [5, 5.41) is 2.67. The van der Waals surface area contributed by atoms with Gasteiger partial charge in [-0.05, 0) is 49.4 Å². The largest absolute Gasteiger partial charge is 0.451 e. The van der Waals surface area contributed by atoms with Gasteiger partial charge in [-0.15, -0.1) is 0 Å². The minimum Gasteiger partial charge on any atom is -0.451 e. The van der Waals surface area contributed by atoms with Gasteiger partial charge < -0.3 is 10.1 Å². The number of ketones is 1. The molecule has 28 heavy (non-hydrogen) atoms. The Kier molecular flexibility index (Phi) is 6.56. The Balaban J connectivity index is 2.04. The normalized spacial score (nSPS) is 12.2. The van der Waals surface area contributed by atoms with Crippen molar-refractivity contribution in [3.63, 3.8) is 0 Å². The predicted molar refractivity (Wildman–Crippen MR) is 105 cm³/mol. The summed E-state index contributed by atoms with van der Waals surface area (Å²) >= 11 is 5.84. The van der Waals surface area contributed by atoms with Crippen molar-refractivity contribution in [2.24, 2.45) is 5.41 Å². The molecule has 148 valence electrons. The molecule has 2 aromatic carbocycles. The summed E-state index contributed by atoms with van der Waals surface area (Å²) in [7, 11) is 0. The Bertz CT molecular complexity index is 904. The molecule has 1 amide bonds. The third-order valence-electron chi connectivity index (χ3n) is 3.91. The van der Waals surface area contributed by atoms with Gasteiger partial charge in [0.1, 0.15) is 5.82 Å². The third kappa shape index (κ3) is 5.39. The summed E-state index contributed by atoms with van der Waals surface area (Å²) in [6, 6.07) is 9.55. The molecule has 0 aliphatic rings. The number of Topliss-reactive ketones (excluding diaryl/α,β-unsaturated/α-hetero) is 1. The molecule has 0 aliphatic carbocycles. The van der Waals surface area contributed by atoms with Crippen molar-refractivity contribution < 1.29 is 23.5 Å². The Morgan fingerprint density at radius 2 is 1.68 bits per heavy atom. The third-order valence-corrected chi connectivity index (χ3v) is 4.23. The fourth-order valence-electron chi connectivity index (χ4n) is 2.20. The van der Waals surface area contributed by atoms with Crippen LogP contribution < -0.4 is 5.32 Å². The van der Waals surface area contributed by atoms with E-state index in [2.05, 4.69) is 5.32 Å². The molecule has 0 unspecified atom stereocenters. The van der Waals surface area contributed by atoms with Crippen LogP contribution in [0.1, 0.15) is 48.4 Å². The zero-order valence-electron chi connectivity index (χ0n) is 16.0. The first-order chi connectivity index (χ1) is 13.0. The van der Waals surface area contributed by atoms with Crippen molar-refractivity contribution in [1.29, 1.82) is 0 Å². The maximum atomic E-state index is 13.1. The van der Waals surface area contributed by atoms with Crippen molar-refractivity contribution in [3.8, 4) is 0 Å². The Hall–Kier alpha value is -2.73. The highest BCUT2D eigenvalue weighted by molar-refractivity contribution is 6.33. The van der Waals surface area contributed by atoms with Crippen LogP contribution in [0.4, 0.5) is 10.1 Å². The lowest BCUT2D eigenvalue weighted by atomic mass is 9.95. The highest BCUT2D eigenvalue weighted by Gasteiger charge is 2.23. The number of benzene rings is 2. The second kappa shape index (κ2) is 8.52. The van der Waals surface area contributed by atoms with E-state index in [1.807, 2.05) is 0 Å². The van der Waals surface area contributed by atoms with Crippen LogP contribution in [-0.4, -0.2) is 23.8 Å². The summed E-state index contributed by atoms with van der Waals surface area (Å²) in [5.74, 6) is -1.96. The first-order valence-corrected chi connectivity index (χ1v) is 8.98. The average molecular weight is 406 g/mol. The van der Waals surface area contributed by atoms with Crippen LogP contribution in [-0.2, 0) is 9.53 Å². The lowest BCUT2D eigenvalue weighted by Crippen LogP contribution is -2.27. The summed E-state index contributed by atoms with van der Waals surface area (Å²) in [6.45, 7) is 6.82. The summed E-state index contributed by atoms with van der Waals surface area (Å²) in [4.78, 5) is 36.6. The maximum Gasteiger partial charge on any atom is 0.340 e. The van der Waals surface area contributed by atoms with Gasteiger partial charge in [0.05, 0.1) is 10.6 Å². The molecule has 0 saturated heterocycles. The molecule has 0 aliphatic heterocycles. The van der Waals surface area contributed by atoms with Crippen molar-refractivity contribution in [1.82, 2.24) is 0 Å². The Morgan fingerprint density at radius 3 is 2.21 bits per heavy atom. The second-order valence-electron chi connectivity index (χ2n) is 7.32. The minimum atomic E-state index is -1.07. The number of esters is 1. The van der Waals surface area contributed by atoms with E-state index in [0.717, 1.165) is 12.1 Å². The molecule has 1 N–H and O–H groups in total. The standard InChI is InChI=1S/C21H21ClFNO4/c1-12(28-19(26)16-10-7-14(23)11-17(16)22)18(25)13-5-8-15(9-6-13)24-20(27)21(2,3)4/h5-12H,1-4H3,(H,24,27)/t12-/m1/s1. The average Bonchev–Trinajstić information content (AvgIpc) is 2.60. The highest BCUT2D eigenvalue weighted by Crippen LogP contribution is 2.21. The van der Waals surface area contributed by atoms with Crippen molar-refractivity contribution in [2.45, 2.75) is 33.8 Å². The van der Waals surface area contributed by atoms with Gasteiger partial charge in [0.2, 0.25) is 11.7 Å². The van der Waals surface area contributed by atoms with E-state index >= 15 is 0 Å². The second-order valence-corrected chi connectivity index (χ2v) is 7.72. The first-order valence-electron chi connectivity index (χ1n) is 8.61. The Labute approximate surface area is 167 Å². The number of halogens is 2. The van der Waals surface area contributed by atoms with Gasteiger partial charge in [-0.2, -0.15) is 0 Å². The van der Waals surface area contributed by atoms with Crippen molar-refractivity contribution in [3.05, 3.63) is 64.4 Å². The zero-order chi connectivity index (χ0) is 21.1. The lowest BCUT2D eigenvalue weighted by molar-refractivity contribution is -0.123. The van der Waals surface area contributed by atoms with Crippen LogP contribution in [0.25, 0.3) is 0 Å². The van der Waals surface area contributed by atoms with Crippen molar-refractivity contribution >= 4 is 34.9 Å². The van der Waals surface area contributed by atoms with E-state index in [1.165, 1.54) is 25.1 Å². The number of anilines is 1. The number of rotatable bonds is 5. The number of hydrogen-bond acceptors (Lipinski definition) is 4. The fourth-order valence-corrected chi connectivity index (χ4v) is 2.45. The van der Waals surface area contributed by atoms with Gasteiger partial charge in [-0.25, -0.2) is 9.18 Å². The van der Waals surface area contributed by atoms with Crippen LogP contribution in [0.3, 0.4) is 0 Å². The summed E-state index contributed by atoms with van der Waals surface area (Å²) in [6.07, 6.45) is -1.07. The van der Waals surface area contributed by atoms with Gasteiger partial charge in [0.25, 0.3) is 0 Å². The molecule has 5 nitrogen and oxygen atoms in total. The molecule has 0 radical (unpaired) electrons. The van der Waals surface area contributed by atoms with E-state index in [4.69, 9.17) is 16.3 Å². The highest BCUT2D eigenvalue weighted by atomic mass is 35.5. The molecule has 0 heterocycles. The zero-order valence-corrected chi connectivity index (χ0v) is 16.8. The molecule has 1 atom stereocenters. The van der Waals surface area contributed by atoms with Crippen LogP contribution >= 0.6 is 11.6 Å². The minimum absolute atomic E-state index is 0.0250. The number of carbonyl (C=O) groups excluding carboxylic acids is 3. The number of nitrogens with one attached hydrogen (secondary N) is 1. The van der Waals surface area contributed by atoms with Crippen LogP contribution in [0.2, 0.25) is 5.02 Å². The molecular formula is C21H21ClFNO4. The fraction of sp³-hybridized carbons (Fsp3) is 0.286. The molecular weight excluding hydrogens is 385 g/mol. The molecule has 2 rings (SSSR count). The van der Waals surface area contributed by atoms with Gasteiger partial charge in [0.15, 0.2) is 6.10 Å². The maximum absolute atomic E-state index is 13.1. The summed E-state index contributed by atoms with van der Waals surface area (Å²) < 4.78 is 18.2. The first kappa shape index (κ1) is 21.6. The monoisotopic (exact) mass is 405 g/mol. The van der Waals surface area contributed by atoms with Gasteiger partial charge in [-0.3, -0.25) is 9.59 Å².